The number of nitrogens with zero attached hydrogens (tertiary/aromatic N) is 2. The number of benzene rings is 2. The second-order valence-corrected chi connectivity index (χ2v) is 7.16. The first-order valence-electron chi connectivity index (χ1n) is 9.58. The Balaban J connectivity index is 1.72. The average Bonchev–Trinajstić information content (AvgIpc) is 2.74. The highest BCUT2D eigenvalue weighted by Gasteiger charge is 2.15. The van der Waals surface area contributed by atoms with Crippen molar-refractivity contribution in [3.8, 4) is 5.75 Å². The summed E-state index contributed by atoms with van der Waals surface area (Å²) in [4.78, 5) is 28.7. The van der Waals surface area contributed by atoms with Crippen molar-refractivity contribution in [3.63, 3.8) is 0 Å². The van der Waals surface area contributed by atoms with Gasteiger partial charge in [-0.1, -0.05) is 12.1 Å². The molecule has 0 atom stereocenters. The zero-order valence-corrected chi connectivity index (χ0v) is 17.1. The number of hydrogen-bond donors (Lipinski definition) is 1. The molecule has 7 nitrogen and oxygen atoms in total. The van der Waals surface area contributed by atoms with Gasteiger partial charge in [0, 0.05) is 44.9 Å². The van der Waals surface area contributed by atoms with Crippen LogP contribution in [-0.2, 0) is 11.3 Å². The molecule has 154 valence electrons. The minimum atomic E-state index is -0.223. The third kappa shape index (κ3) is 5.34. The van der Waals surface area contributed by atoms with Crippen molar-refractivity contribution in [3.05, 3.63) is 59.2 Å². The maximum atomic E-state index is 12.8. The van der Waals surface area contributed by atoms with Crippen molar-refractivity contribution in [2.24, 2.45) is 0 Å². The Morgan fingerprint density at radius 2 is 1.86 bits per heavy atom. The van der Waals surface area contributed by atoms with Gasteiger partial charge in [-0.15, -0.1) is 0 Å². The Bertz CT molecular complexity index is 876. The summed E-state index contributed by atoms with van der Waals surface area (Å²) in [5.41, 5.74) is 2.67. The maximum Gasteiger partial charge on any atom is 0.255 e. The molecule has 7 heteroatoms. The molecule has 0 saturated carbocycles. The van der Waals surface area contributed by atoms with E-state index in [2.05, 4.69) is 10.2 Å². The standard InChI is InChI=1S/C22H27N3O4/c1-24(2)22(27)18-7-8-19(20(14-18)28-3)23-21(26)17-6-4-5-16(13-17)15-25-9-11-29-12-10-25/h4-8,13-14H,9-12,15H2,1-3H3,(H,23,26). The molecule has 1 aliphatic rings. The van der Waals surface area contributed by atoms with Crippen molar-refractivity contribution in [1.82, 2.24) is 9.80 Å². The number of nitrogens with one attached hydrogen (secondary N) is 1. The largest absolute Gasteiger partial charge is 0.495 e. The van der Waals surface area contributed by atoms with Crippen molar-refractivity contribution in [1.29, 1.82) is 0 Å². The van der Waals surface area contributed by atoms with E-state index in [0.717, 1.165) is 38.4 Å². The van der Waals surface area contributed by atoms with Crippen molar-refractivity contribution >= 4 is 17.5 Å². The lowest BCUT2D eigenvalue weighted by atomic mass is 10.1. The van der Waals surface area contributed by atoms with Gasteiger partial charge in [0.05, 0.1) is 26.0 Å². The quantitative estimate of drug-likeness (QED) is 0.811. The third-order valence-corrected chi connectivity index (χ3v) is 4.80. The van der Waals surface area contributed by atoms with Gasteiger partial charge in [0.2, 0.25) is 0 Å². The molecule has 3 rings (SSSR count). The number of carbonyl (C=O) groups is 2. The van der Waals surface area contributed by atoms with E-state index in [4.69, 9.17) is 9.47 Å². The van der Waals surface area contributed by atoms with Crippen LogP contribution in [0, 0.1) is 0 Å². The molecule has 1 aliphatic heterocycles. The predicted octanol–water partition coefficient (Wildman–Crippen LogP) is 2.48. The van der Waals surface area contributed by atoms with E-state index in [9.17, 15) is 9.59 Å². The van der Waals surface area contributed by atoms with Gasteiger partial charge in [-0.3, -0.25) is 14.5 Å². The van der Waals surface area contributed by atoms with Gasteiger partial charge in [0.25, 0.3) is 11.8 Å². The van der Waals surface area contributed by atoms with Gasteiger partial charge in [-0.2, -0.15) is 0 Å². The summed E-state index contributed by atoms with van der Waals surface area (Å²) in [5, 5.41) is 2.88. The van der Waals surface area contributed by atoms with Crippen LogP contribution in [0.15, 0.2) is 42.5 Å². The van der Waals surface area contributed by atoms with Crippen LogP contribution in [0.5, 0.6) is 5.75 Å². The van der Waals surface area contributed by atoms with Crippen LogP contribution in [0.1, 0.15) is 26.3 Å². The van der Waals surface area contributed by atoms with E-state index in [0.29, 0.717) is 22.6 Å². The fourth-order valence-corrected chi connectivity index (χ4v) is 3.21. The number of amides is 2. The molecule has 2 amide bonds. The van der Waals surface area contributed by atoms with Crippen LogP contribution in [0.2, 0.25) is 0 Å². The molecule has 1 fully saturated rings. The number of ether oxygens (including phenoxy) is 2. The number of morpholine rings is 1. The zero-order chi connectivity index (χ0) is 20.8. The first-order chi connectivity index (χ1) is 14.0. The zero-order valence-electron chi connectivity index (χ0n) is 17.1. The summed E-state index contributed by atoms with van der Waals surface area (Å²) >= 11 is 0. The molecule has 0 radical (unpaired) electrons. The Labute approximate surface area is 171 Å². The Kier molecular flexibility index (Phi) is 6.85. The Hall–Kier alpha value is -2.90. The molecule has 1 N–H and O–H groups in total. The van der Waals surface area contributed by atoms with E-state index in [-0.39, 0.29) is 11.8 Å². The second kappa shape index (κ2) is 9.54. The van der Waals surface area contributed by atoms with Crippen LogP contribution in [0.4, 0.5) is 5.69 Å². The first-order valence-corrected chi connectivity index (χ1v) is 9.58. The minimum Gasteiger partial charge on any atom is -0.495 e. The van der Waals surface area contributed by atoms with E-state index in [1.165, 1.54) is 12.0 Å². The van der Waals surface area contributed by atoms with Gasteiger partial charge < -0.3 is 19.7 Å². The van der Waals surface area contributed by atoms with Crippen molar-refractivity contribution in [2.45, 2.75) is 6.54 Å². The lowest BCUT2D eigenvalue weighted by Crippen LogP contribution is -2.35. The summed E-state index contributed by atoms with van der Waals surface area (Å²) in [6.07, 6.45) is 0. The van der Waals surface area contributed by atoms with Crippen molar-refractivity contribution in [2.75, 3.05) is 52.8 Å². The molecule has 0 aromatic heterocycles. The summed E-state index contributed by atoms with van der Waals surface area (Å²) in [6, 6.07) is 12.6. The highest BCUT2D eigenvalue weighted by molar-refractivity contribution is 6.05. The van der Waals surface area contributed by atoms with E-state index in [1.54, 1.807) is 38.4 Å². The molecule has 0 aliphatic carbocycles. The highest BCUT2D eigenvalue weighted by atomic mass is 16.5. The summed E-state index contributed by atoms with van der Waals surface area (Å²) < 4.78 is 10.8. The SMILES string of the molecule is COc1cc(C(=O)N(C)C)ccc1NC(=O)c1cccc(CN2CCOCC2)c1. The molecule has 29 heavy (non-hydrogen) atoms. The van der Waals surface area contributed by atoms with Gasteiger partial charge in [-0.25, -0.2) is 0 Å². The lowest BCUT2D eigenvalue weighted by molar-refractivity contribution is 0.0342. The van der Waals surface area contributed by atoms with Crippen LogP contribution in [0.25, 0.3) is 0 Å². The molecular formula is C22H27N3O4. The molecule has 0 spiro atoms. The van der Waals surface area contributed by atoms with E-state index < -0.39 is 0 Å². The first kappa shape index (κ1) is 20.8. The number of methoxy groups -OCH3 is 1. The van der Waals surface area contributed by atoms with Gasteiger partial charge in [-0.05, 0) is 35.9 Å². The summed E-state index contributed by atoms with van der Waals surface area (Å²) in [6.45, 7) is 4.06. The maximum absolute atomic E-state index is 12.8. The summed E-state index contributed by atoms with van der Waals surface area (Å²) in [5.74, 6) is 0.0892. The fraction of sp³-hybridized carbons (Fsp3) is 0.364. The molecule has 2 aromatic rings. The predicted molar refractivity (Wildman–Crippen MR) is 112 cm³/mol. The molecule has 1 heterocycles. The molecule has 0 unspecified atom stereocenters. The number of rotatable bonds is 6. The summed E-state index contributed by atoms with van der Waals surface area (Å²) in [7, 11) is 4.89. The van der Waals surface area contributed by atoms with Crippen LogP contribution in [0.3, 0.4) is 0 Å². The molecule has 0 bridgehead atoms. The molecule has 1 saturated heterocycles. The highest BCUT2D eigenvalue weighted by Crippen LogP contribution is 2.26. The number of carbonyl (C=O) groups excluding carboxylic acids is 2. The number of hydrogen-bond acceptors (Lipinski definition) is 5. The molecular weight excluding hydrogens is 370 g/mol. The average molecular weight is 397 g/mol. The smallest absolute Gasteiger partial charge is 0.255 e. The minimum absolute atomic E-state index is 0.128. The van der Waals surface area contributed by atoms with E-state index >= 15 is 0 Å². The van der Waals surface area contributed by atoms with Crippen LogP contribution < -0.4 is 10.1 Å². The van der Waals surface area contributed by atoms with Gasteiger partial charge >= 0.3 is 0 Å². The van der Waals surface area contributed by atoms with Gasteiger partial charge in [0.15, 0.2) is 0 Å². The lowest BCUT2D eigenvalue weighted by Gasteiger charge is -2.26. The second-order valence-electron chi connectivity index (χ2n) is 7.16. The van der Waals surface area contributed by atoms with Crippen LogP contribution >= 0.6 is 0 Å². The Morgan fingerprint density at radius 3 is 2.55 bits per heavy atom. The number of anilines is 1. The monoisotopic (exact) mass is 397 g/mol. The topological polar surface area (TPSA) is 71.1 Å². The Morgan fingerprint density at radius 1 is 1.10 bits per heavy atom. The fourth-order valence-electron chi connectivity index (χ4n) is 3.21. The van der Waals surface area contributed by atoms with Crippen LogP contribution in [-0.4, -0.2) is 69.1 Å². The van der Waals surface area contributed by atoms with Gasteiger partial charge in [0.1, 0.15) is 5.75 Å². The third-order valence-electron chi connectivity index (χ3n) is 4.80. The normalized spacial score (nSPS) is 14.3. The van der Waals surface area contributed by atoms with E-state index in [1.807, 2.05) is 18.2 Å². The van der Waals surface area contributed by atoms with Crippen molar-refractivity contribution < 1.29 is 19.1 Å². The molecule has 2 aromatic carbocycles.